The zero-order valence-electron chi connectivity index (χ0n) is 20.6. The molecule has 1 aromatic heterocycles. The normalized spacial score (nSPS) is 11.4. The summed E-state index contributed by atoms with van der Waals surface area (Å²) in [5.74, 6) is -1.55. The molecule has 2 aromatic carbocycles. The van der Waals surface area contributed by atoms with Crippen LogP contribution in [0.1, 0.15) is 40.3 Å². The summed E-state index contributed by atoms with van der Waals surface area (Å²) >= 11 is 0. The van der Waals surface area contributed by atoms with Gasteiger partial charge in [-0.2, -0.15) is 5.10 Å². The first-order chi connectivity index (χ1) is 16.4. The van der Waals surface area contributed by atoms with Crippen molar-refractivity contribution in [2.24, 2.45) is 5.92 Å². The molecule has 0 unspecified atom stereocenters. The van der Waals surface area contributed by atoms with E-state index >= 15 is 0 Å². The number of urea groups is 1. The fourth-order valence-corrected chi connectivity index (χ4v) is 3.40. The molecule has 3 rings (SSSR count). The third kappa shape index (κ3) is 6.88. The number of aromatic nitrogens is 2. The average Bonchev–Trinajstić information content (AvgIpc) is 3.19. The zero-order chi connectivity index (χ0) is 25.8. The van der Waals surface area contributed by atoms with E-state index in [4.69, 9.17) is 0 Å². The summed E-state index contributed by atoms with van der Waals surface area (Å²) in [4.78, 5) is 27.2. The highest BCUT2D eigenvalue weighted by molar-refractivity contribution is 5.96. The monoisotopic (exact) mass is 483 g/mol. The lowest BCUT2D eigenvalue weighted by molar-refractivity contribution is -0.116. The summed E-state index contributed by atoms with van der Waals surface area (Å²) in [5.41, 5.74) is 1.16. The largest absolute Gasteiger partial charge is 0.322 e. The Morgan fingerprint density at radius 3 is 2.31 bits per heavy atom. The van der Waals surface area contributed by atoms with E-state index < -0.39 is 23.6 Å². The van der Waals surface area contributed by atoms with E-state index in [1.54, 1.807) is 4.68 Å². The van der Waals surface area contributed by atoms with Gasteiger partial charge in [0.15, 0.2) is 0 Å². The molecule has 0 fully saturated rings. The molecular weight excluding hydrogens is 452 g/mol. The lowest BCUT2D eigenvalue weighted by atomic mass is 9.92. The minimum absolute atomic E-state index is 0.0500. The standard InChI is InChI=1S/C26H31F2N5O2/c1-17(2)15-32(25(35)29-21-12-11-18(27)13-20(21)28)16-24(34)30-23-14-22(26(3,4)5)31-33(23)19-9-7-6-8-10-19/h6-14,17H,15-16H2,1-5H3,(H,29,35)(H,30,34). The van der Waals surface area contributed by atoms with Crippen molar-refractivity contribution in [3.63, 3.8) is 0 Å². The highest BCUT2D eigenvalue weighted by Crippen LogP contribution is 2.26. The molecule has 0 aliphatic rings. The topological polar surface area (TPSA) is 79.3 Å². The van der Waals surface area contributed by atoms with Gasteiger partial charge in [-0.15, -0.1) is 0 Å². The van der Waals surface area contributed by atoms with Crippen molar-refractivity contribution in [2.75, 3.05) is 23.7 Å². The summed E-state index contributed by atoms with van der Waals surface area (Å²) in [6.07, 6.45) is 0. The van der Waals surface area contributed by atoms with E-state index in [1.807, 2.05) is 71.0 Å². The van der Waals surface area contributed by atoms with E-state index in [0.29, 0.717) is 11.9 Å². The van der Waals surface area contributed by atoms with Crippen LogP contribution in [0.15, 0.2) is 54.6 Å². The van der Waals surface area contributed by atoms with Crippen LogP contribution in [0.3, 0.4) is 0 Å². The molecule has 0 radical (unpaired) electrons. The van der Waals surface area contributed by atoms with Gasteiger partial charge in [-0.25, -0.2) is 18.3 Å². The Kier molecular flexibility index (Phi) is 7.89. The number of nitrogens with one attached hydrogen (secondary N) is 2. The lowest BCUT2D eigenvalue weighted by Crippen LogP contribution is -2.42. The van der Waals surface area contributed by atoms with Gasteiger partial charge in [0.1, 0.15) is 24.0 Å². The minimum atomic E-state index is -0.895. The van der Waals surface area contributed by atoms with Crippen molar-refractivity contribution < 1.29 is 18.4 Å². The predicted octanol–water partition coefficient (Wildman–Crippen LogP) is 5.58. The number of rotatable bonds is 7. The maximum Gasteiger partial charge on any atom is 0.322 e. The van der Waals surface area contributed by atoms with E-state index in [9.17, 15) is 18.4 Å². The van der Waals surface area contributed by atoms with Crippen LogP contribution in [-0.2, 0) is 10.2 Å². The Morgan fingerprint density at radius 1 is 1.03 bits per heavy atom. The second-order valence-corrected chi connectivity index (χ2v) is 9.79. The number of anilines is 2. The zero-order valence-corrected chi connectivity index (χ0v) is 20.6. The van der Waals surface area contributed by atoms with Gasteiger partial charge in [0.05, 0.1) is 17.1 Å². The summed E-state index contributed by atoms with van der Waals surface area (Å²) < 4.78 is 28.9. The molecular formula is C26H31F2N5O2. The summed E-state index contributed by atoms with van der Waals surface area (Å²) in [5, 5.41) is 9.96. The smallest absolute Gasteiger partial charge is 0.315 e. The van der Waals surface area contributed by atoms with Gasteiger partial charge in [-0.3, -0.25) is 4.79 Å². The summed E-state index contributed by atoms with van der Waals surface area (Å²) in [6, 6.07) is 13.4. The van der Waals surface area contributed by atoms with Crippen molar-refractivity contribution in [3.8, 4) is 5.69 Å². The maximum absolute atomic E-state index is 14.0. The lowest BCUT2D eigenvalue weighted by Gasteiger charge is -2.24. The number of nitrogens with zero attached hydrogens (tertiary/aromatic N) is 3. The molecule has 0 spiro atoms. The Labute approximate surface area is 204 Å². The fraction of sp³-hybridized carbons (Fsp3) is 0.346. The molecule has 0 aliphatic heterocycles. The van der Waals surface area contributed by atoms with Gasteiger partial charge in [0, 0.05) is 24.1 Å². The molecule has 35 heavy (non-hydrogen) atoms. The molecule has 0 bridgehead atoms. The molecule has 9 heteroatoms. The van der Waals surface area contributed by atoms with Gasteiger partial charge in [-0.05, 0) is 30.2 Å². The first kappa shape index (κ1) is 25.9. The van der Waals surface area contributed by atoms with Gasteiger partial charge in [-0.1, -0.05) is 52.8 Å². The predicted molar refractivity (Wildman–Crippen MR) is 133 cm³/mol. The van der Waals surface area contributed by atoms with Gasteiger partial charge in [0.25, 0.3) is 0 Å². The molecule has 0 aliphatic carbocycles. The van der Waals surface area contributed by atoms with Gasteiger partial charge < -0.3 is 15.5 Å². The number of benzene rings is 2. The maximum atomic E-state index is 14.0. The number of carbonyl (C=O) groups is 2. The molecule has 0 atom stereocenters. The third-order valence-electron chi connectivity index (χ3n) is 5.13. The second kappa shape index (κ2) is 10.7. The van der Waals surface area contributed by atoms with Crippen molar-refractivity contribution in [1.82, 2.24) is 14.7 Å². The number of halogens is 2. The van der Waals surface area contributed by atoms with E-state index in [1.165, 1.54) is 4.90 Å². The quantitative estimate of drug-likeness (QED) is 0.461. The second-order valence-electron chi connectivity index (χ2n) is 9.79. The van der Waals surface area contributed by atoms with E-state index in [0.717, 1.165) is 23.5 Å². The van der Waals surface area contributed by atoms with Crippen molar-refractivity contribution >= 4 is 23.4 Å². The Hall–Kier alpha value is -3.75. The Morgan fingerprint density at radius 2 is 1.71 bits per heavy atom. The van der Waals surface area contributed by atoms with Crippen LogP contribution in [0, 0.1) is 17.6 Å². The number of para-hydroxylation sites is 1. The number of hydrogen-bond donors (Lipinski definition) is 2. The number of hydrogen-bond acceptors (Lipinski definition) is 3. The van der Waals surface area contributed by atoms with E-state index in [2.05, 4.69) is 15.7 Å². The molecule has 2 N–H and O–H groups in total. The minimum Gasteiger partial charge on any atom is -0.315 e. The molecule has 3 amide bonds. The molecule has 0 saturated carbocycles. The molecule has 7 nitrogen and oxygen atoms in total. The van der Waals surface area contributed by atoms with Gasteiger partial charge in [0.2, 0.25) is 5.91 Å². The van der Waals surface area contributed by atoms with Gasteiger partial charge >= 0.3 is 6.03 Å². The summed E-state index contributed by atoms with van der Waals surface area (Å²) in [6.45, 7) is 9.87. The molecule has 3 aromatic rings. The molecule has 186 valence electrons. The third-order valence-corrected chi connectivity index (χ3v) is 5.13. The Bertz CT molecular complexity index is 1190. The van der Waals surface area contributed by atoms with Crippen LogP contribution in [0.5, 0.6) is 0 Å². The van der Waals surface area contributed by atoms with Crippen LogP contribution in [0.2, 0.25) is 0 Å². The first-order valence-corrected chi connectivity index (χ1v) is 11.4. The van der Waals surface area contributed by atoms with Crippen LogP contribution in [0.25, 0.3) is 5.69 Å². The van der Waals surface area contributed by atoms with Crippen LogP contribution >= 0.6 is 0 Å². The number of carbonyl (C=O) groups excluding carboxylic acids is 2. The van der Waals surface area contributed by atoms with Crippen LogP contribution in [-0.4, -0.2) is 39.7 Å². The average molecular weight is 484 g/mol. The fourth-order valence-electron chi connectivity index (χ4n) is 3.40. The molecule has 0 saturated heterocycles. The van der Waals surface area contributed by atoms with Crippen LogP contribution < -0.4 is 10.6 Å². The van der Waals surface area contributed by atoms with Crippen LogP contribution in [0.4, 0.5) is 25.1 Å². The number of amides is 3. The summed E-state index contributed by atoms with van der Waals surface area (Å²) in [7, 11) is 0. The van der Waals surface area contributed by atoms with Crippen molar-refractivity contribution in [3.05, 3.63) is 71.9 Å². The first-order valence-electron chi connectivity index (χ1n) is 11.4. The SMILES string of the molecule is CC(C)CN(CC(=O)Nc1cc(C(C)(C)C)nn1-c1ccccc1)C(=O)Nc1ccc(F)cc1F. The highest BCUT2D eigenvalue weighted by Gasteiger charge is 2.24. The van der Waals surface area contributed by atoms with Crippen molar-refractivity contribution in [1.29, 1.82) is 0 Å². The van der Waals surface area contributed by atoms with E-state index in [-0.39, 0.29) is 30.1 Å². The Balaban J connectivity index is 1.81. The molecule has 1 heterocycles. The van der Waals surface area contributed by atoms with Crippen molar-refractivity contribution in [2.45, 2.75) is 40.0 Å². The highest BCUT2D eigenvalue weighted by atomic mass is 19.1.